The average Bonchev–Trinajstić information content (AvgIpc) is 2.19. The average molecular weight is 85.2 g/mol. The third kappa shape index (κ3) is 0.548. The van der Waals surface area contributed by atoms with Crippen LogP contribution in [-0.2, 0) is 0 Å². The largest absolute Gasteiger partial charge is 0.327 e. The second kappa shape index (κ2) is 1.23. The summed E-state index contributed by atoms with van der Waals surface area (Å²) in [6.45, 7) is 2.19. The fraction of sp³-hybridized carbons (Fsp3) is 1.00. The lowest BCUT2D eigenvalue weighted by Crippen LogP contribution is -2.00. The molecule has 1 aliphatic carbocycles. The van der Waals surface area contributed by atoms with Crippen molar-refractivity contribution < 1.29 is 0 Å². The number of hydrogen-bond acceptors (Lipinski definition) is 1. The summed E-state index contributed by atoms with van der Waals surface area (Å²) in [4.78, 5) is 0. The Kier molecular flexibility index (Phi) is 0.845. The van der Waals surface area contributed by atoms with E-state index < -0.39 is 0 Å². The zero-order valence-corrected chi connectivity index (χ0v) is 4.15. The van der Waals surface area contributed by atoms with Gasteiger partial charge in [0.05, 0.1) is 0 Å². The van der Waals surface area contributed by atoms with Crippen LogP contribution >= 0.6 is 0 Å². The standard InChI is InChI=1S/C5H11N/c1-2-4-3-5(4)6/h4-5H,2-3,6H2,1H3/t4-,5+/m0/s1. The van der Waals surface area contributed by atoms with Gasteiger partial charge < -0.3 is 5.73 Å². The third-order valence-electron chi connectivity index (χ3n) is 1.50. The van der Waals surface area contributed by atoms with E-state index in [2.05, 4.69) is 6.92 Å². The second-order valence-corrected chi connectivity index (χ2v) is 2.07. The van der Waals surface area contributed by atoms with Gasteiger partial charge in [-0.2, -0.15) is 0 Å². The number of hydrogen-bond donors (Lipinski definition) is 1. The molecule has 0 bridgehead atoms. The maximum Gasteiger partial charge on any atom is 0.00708 e. The molecule has 1 aliphatic rings. The fourth-order valence-electron chi connectivity index (χ4n) is 0.740. The van der Waals surface area contributed by atoms with E-state index in [0.717, 1.165) is 5.92 Å². The molecule has 6 heavy (non-hydrogen) atoms. The predicted molar refractivity (Wildman–Crippen MR) is 26.4 cm³/mol. The van der Waals surface area contributed by atoms with Crippen LogP contribution in [0.1, 0.15) is 19.8 Å². The zero-order chi connectivity index (χ0) is 4.57. The van der Waals surface area contributed by atoms with E-state index in [-0.39, 0.29) is 0 Å². The summed E-state index contributed by atoms with van der Waals surface area (Å²) in [5, 5.41) is 0. The minimum absolute atomic E-state index is 0.565. The second-order valence-electron chi connectivity index (χ2n) is 2.07. The highest BCUT2D eigenvalue weighted by Gasteiger charge is 2.30. The monoisotopic (exact) mass is 85.1 g/mol. The lowest BCUT2D eigenvalue weighted by atomic mass is 10.3. The van der Waals surface area contributed by atoms with Crippen molar-refractivity contribution in [3.8, 4) is 0 Å². The SMILES string of the molecule is CC[C@H]1C[C@H]1N. The lowest BCUT2D eigenvalue weighted by molar-refractivity contribution is 0.759. The number of rotatable bonds is 1. The lowest BCUT2D eigenvalue weighted by Gasteiger charge is -1.79. The molecule has 0 amide bonds. The molecular weight excluding hydrogens is 74.1 g/mol. The fourth-order valence-corrected chi connectivity index (χ4v) is 0.740. The Morgan fingerprint density at radius 2 is 2.33 bits per heavy atom. The third-order valence-corrected chi connectivity index (χ3v) is 1.50. The molecule has 2 N–H and O–H groups in total. The van der Waals surface area contributed by atoms with E-state index in [1.165, 1.54) is 12.8 Å². The van der Waals surface area contributed by atoms with E-state index in [9.17, 15) is 0 Å². The van der Waals surface area contributed by atoms with Crippen LogP contribution in [0, 0.1) is 5.92 Å². The van der Waals surface area contributed by atoms with E-state index in [0.29, 0.717) is 6.04 Å². The minimum atomic E-state index is 0.565. The van der Waals surface area contributed by atoms with Crippen molar-refractivity contribution in [2.24, 2.45) is 11.7 Å². The Hall–Kier alpha value is -0.0400. The van der Waals surface area contributed by atoms with Crippen LogP contribution in [0.3, 0.4) is 0 Å². The summed E-state index contributed by atoms with van der Waals surface area (Å²) < 4.78 is 0. The topological polar surface area (TPSA) is 26.0 Å². The van der Waals surface area contributed by atoms with Gasteiger partial charge in [0.1, 0.15) is 0 Å². The highest BCUT2D eigenvalue weighted by molar-refractivity contribution is 4.88. The van der Waals surface area contributed by atoms with Gasteiger partial charge in [0, 0.05) is 6.04 Å². The van der Waals surface area contributed by atoms with E-state index >= 15 is 0 Å². The van der Waals surface area contributed by atoms with Crippen molar-refractivity contribution in [3.05, 3.63) is 0 Å². The minimum Gasteiger partial charge on any atom is -0.327 e. The van der Waals surface area contributed by atoms with E-state index in [4.69, 9.17) is 5.73 Å². The van der Waals surface area contributed by atoms with Gasteiger partial charge >= 0.3 is 0 Å². The quantitative estimate of drug-likeness (QED) is 0.499. The molecule has 1 heteroatoms. The van der Waals surface area contributed by atoms with Crippen molar-refractivity contribution >= 4 is 0 Å². The van der Waals surface area contributed by atoms with Crippen LogP contribution in [0.25, 0.3) is 0 Å². The molecule has 0 aromatic rings. The highest BCUT2D eigenvalue weighted by Crippen LogP contribution is 2.30. The first-order chi connectivity index (χ1) is 2.84. The van der Waals surface area contributed by atoms with Crippen LogP contribution in [0.15, 0.2) is 0 Å². The maximum atomic E-state index is 5.48. The normalized spacial score (nSPS) is 43.0. The summed E-state index contributed by atoms with van der Waals surface area (Å²) in [7, 11) is 0. The first kappa shape index (κ1) is 4.13. The zero-order valence-electron chi connectivity index (χ0n) is 4.15. The van der Waals surface area contributed by atoms with E-state index in [1.54, 1.807) is 0 Å². The Morgan fingerprint density at radius 3 is 2.33 bits per heavy atom. The van der Waals surface area contributed by atoms with Gasteiger partial charge in [-0.1, -0.05) is 13.3 Å². The molecule has 0 unspecified atom stereocenters. The summed E-state index contributed by atoms with van der Waals surface area (Å²) >= 11 is 0. The molecular formula is C5H11N. The smallest absolute Gasteiger partial charge is 0.00708 e. The first-order valence-corrected chi connectivity index (χ1v) is 2.60. The molecule has 0 spiro atoms. The summed E-state index contributed by atoms with van der Waals surface area (Å²) in [5.74, 6) is 0.880. The van der Waals surface area contributed by atoms with Gasteiger partial charge in [0.25, 0.3) is 0 Å². The van der Waals surface area contributed by atoms with Crippen molar-refractivity contribution in [2.75, 3.05) is 0 Å². The Bertz CT molecular complexity index is 49.9. The van der Waals surface area contributed by atoms with Crippen LogP contribution in [0.5, 0.6) is 0 Å². The maximum absolute atomic E-state index is 5.48. The van der Waals surface area contributed by atoms with Gasteiger partial charge in [-0.05, 0) is 12.3 Å². The molecule has 0 aromatic heterocycles. The van der Waals surface area contributed by atoms with Crippen LogP contribution in [-0.4, -0.2) is 6.04 Å². The van der Waals surface area contributed by atoms with Crippen molar-refractivity contribution in [3.63, 3.8) is 0 Å². The predicted octanol–water partition coefficient (Wildman–Crippen LogP) is 0.744. The molecule has 0 radical (unpaired) electrons. The van der Waals surface area contributed by atoms with Crippen LogP contribution in [0.2, 0.25) is 0 Å². The molecule has 36 valence electrons. The summed E-state index contributed by atoms with van der Waals surface area (Å²) in [5.41, 5.74) is 5.48. The molecule has 0 aromatic carbocycles. The van der Waals surface area contributed by atoms with Crippen molar-refractivity contribution in [1.29, 1.82) is 0 Å². The van der Waals surface area contributed by atoms with Gasteiger partial charge in [-0.25, -0.2) is 0 Å². The summed E-state index contributed by atoms with van der Waals surface area (Å²) in [6, 6.07) is 0.565. The highest BCUT2D eigenvalue weighted by atomic mass is 14.7. The van der Waals surface area contributed by atoms with E-state index in [1.807, 2.05) is 0 Å². The van der Waals surface area contributed by atoms with Crippen LogP contribution in [0.4, 0.5) is 0 Å². The molecule has 1 saturated carbocycles. The van der Waals surface area contributed by atoms with Crippen molar-refractivity contribution in [2.45, 2.75) is 25.8 Å². The molecule has 1 fully saturated rings. The Morgan fingerprint density at radius 1 is 1.83 bits per heavy atom. The van der Waals surface area contributed by atoms with Gasteiger partial charge in [-0.15, -0.1) is 0 Å². The molecule has 0 saturated heterocycles. The number of nitrogens with two attached hydrogens (primary N) is 1. The molecule has 2 atom stereocenters. The van der Waals surface area contributed by atoms with Gasteiger partial charge in [0.2, 0.25) is 0 Å². The molecule has 0 heterocycles. The molecule has 1 nitrogen and oxygen atoms in total. The molecule has 0 aliphatic heterocycles. The summed E-state index contributed by atoms with van der Waals surface area (Å²) in [6.07, 6.45) is 2.55. The van der Waals surface area contributed by atoms with Gasteiger partial charge in [-0.3, -0.25) is 0 Å². The Labute approximate surface area is 38.5 Å². The Balaban J connectivity index is 2.09. The van der Waals surface area contributed by atoms with Crippen molar-refractivity contribution in [1.82, 2.24) is 0 Å². The first-order valence-electron chi connectivity index (χ1n) is 2.60. The van der Waals surface area contributed by atoms with Gasteiger partial charge in [0.15, 0.2) is 0 Å². The molecule has 1 rings (SSSR count). The van der Waals surface area contributed by atoms with Crippen LogP contribution < -0.4 is 5.73 Å².